The summed E-state index contributed by atoms with van der Waals surface area (Å²) in [6, 6.07) is 10.4. The van der Waals surface area contributed by atoms with Crippen molar-refractivity contribution in [2.24, 2.45) is 5.92 Å². The minimum Gasteiger partial charge on any atom is -0.339 e. The third kappa shape index (κ3) is 4.00. The van der Waals surface area contributed by atoms with Crippen molar-refractivity contribution in [2.75, 3.05) is 13.1 Å². The quantitative estimate of drug-likeness (QED) is 0.581. The highest BCUT2D eigenvalue weighted by molar-refractivity contribution is 5.99. The van der Waals surface area contributed by atoms with E-state index < -0.39 is 23.3 Å². The van der Waals surface area contributed by atoms with Gasteiger partial charge in [-0.15, -0.1) is 0 Å². The minimum atomic E-state index is -0.716. The van der Waals surface area contributed by atoms with Gasteiger partial charge in [0, 0.05) is 36.6 Å². The number of halogens is 2. The molecule has 1 aliphatic heterocycles. The van der Waals surface area contributed by atoms with Gasteiger partial charge in [-0.1, -0.05) is 6.07 Å². The van der Waals surface area contributed by atoms with E-state index in [1.54, 1.807) is 11.1 Å². The van der Waals surface area contributed by atoms with Gasteiger partial charge in [0.05, 0.1) is 11.1 Å². The number of ketones is 1. The number of carbonyl (C=O) groups is 2. The van der Waals surface area contributed by atoms with Gasteiger partial charge < -0.3 is 9.47 Å². The summed E-state index contributed by atoms with van der Waals surface area (Å²) in [5.41, 5.74) is 2.10. The van der Waals surface area contributed by atoms with E-state index >= 15 is 0 Å². The van der Waals surface area contributed by atoms with Crippen LogP contribution < -0.4 is 0 Å². The van der Waals surface area contributed by atoms with Gasteiger partial charge in [-0.2, -0.15) is 0 Å². The SMILES string of the molecule is Cc1cc(C(=O)N2CCC(C(=O)c3cc(F)ccc3F)CC2)c(C)n1-c1ccccn1. The predicted molar refractivity (Wildman–Crippen MR) is 112 cm³/mol. The van der Waals surface area contributed by atoms with Crippen LogP contribution in [0.15, 0.2) is 48.7 Å². The van der Waals surface area contributed by atoms with Gasteiger partial charge in [0.2, 0.25) is 0 Å². The average Bonchev–Trinajstić information content (AvgIpc) is 3.09. The highest BCUT2D eigenvalue weighted by atomic mass is 19.1. The topological polar surface area (TPSA) is 55.2 Å². The molecular weight excluding hydrogens is 400 g/mol. The highest BCUT2D eigenvalue weighted by Gasteiger charge is 2.31. The zero-order valence-corrected chi connectivity index (χ0v) is 17.4. The molecule has 4 rings (SSSR count). The molecule has 0 atom stereocenters. The molecule has 1 amide bonds. The fraction of sp³-hybridized carbons (Fsp3) is 0.292. The molecular formula is C24H23F2N3O2. The first-order valence-electron chi connectivity index (χ1n) is 10.3. The summed E-state index contributed by atoms with van der Waals surface area (Å²) in [5, 5.41) is 0. The monoisotopic (exact) mass is 423 g/mol. The molecule has 3 aromatic rings. The summed E-state index contributed by atoms with van der Waals surface area (Å²) < 4.78 is 29.4. The molecule has 5 nitrogen and oxygen atoms in total. The Hall–Kier alpha value is -3.35. The molecule has 2 aromatic heterocycles. The first-order valence-corrected chi connectivity index (χ1v) is 10.3. The number of aryl methyl sites for hydroxylation is 1. The Kier molecular flexibility index (Phi) is 5.67. The largest absolute Gasteiger partial charge is 0.339 e. The van der Waals surface area contributed by atoms with Crippen molar-refractivity contribution in [3.63, 3.8) is 0 Å². The van der Waals surface area contributed by atoms with Crippen LogP contribution in [0.4, 0.5) is 8.78 Å². The van der Waals surface area contributed by atoms with E-state index in [9.17, 15) is 18.4 Å². The summed E-state index contributed by atoms with van der Waals surface area (Å²) in [6.45, 7) is 4.59. The molecule has 0 saturated carbocycles. The fourth-order valence-corrected chi connectivity index (χ4v) is 4.24. The third-order valence-electron chi connectivity index (χ3n) is 5.89. The number of carbonyl (C=O) groups excluding carboxylic acids is 2. The molecule has 1 aliphatic rings. The molecule has 0 radical (unpaired) electrons. The number of hydrogen-bond acceptors (Lipinski definition) is 3. The number of piperidine rings is 1. The van der Waals surface area contributed by atoms with E-state index in [2.05, 4.69) is 4.98 Å². The van der Waals surface area contributed by atoms with Gasteiger partial charge in [-0.3, -0.25) is 9.59 Å². The minimum absolute atomic E-state index is 0.0990. The molecule has 1 fully saturated rings. The first kappa shape index (κ1) is 20.9. The lowest BCUT2D eigenvalue weighted by molar-refractivity contribution is 0.0648. The maximum Gasteiger partial charge on any atom is 0.255 e. The second kappa shape index (κ2) is 8.41. The van der Waals surface area contributed by atoms with Crippen molar-refractivity contribution in [2.45, 2.75) is 26.7 Å². The van der Waals surface area contributed by atoms with Crippen LogP contribution in [0.25, 0.3) is 5.82 Å². The Bertz CT molecular complexity index is 1130. The molecule has 0 spiro atoms. The zero-order valence-electron chi connectivity index (χ0n) is 17.4. The fourth-order valence-electron chi connectivity index (χ4n) is 4.24. The van der Waals surface area contributed by atoms with Crippen molar-refractivity contribution in [1.82, 2.24) is 14.5 Å². The molecule has 1 saturated heterocycles. The number of Topliss-reactive ketones (excluding diaryl/α,β-unsaturated/α-hetero) is 1. The summed E-state index contributed by atoms with van der Waals surface area (Å²) in [5.74, 6) is -1.54. The van der Waals surface area contributed by atoms with Gasteiger partial charge in [0.25, 0.3) is 5.91 Å². The molecule has 0 N–H and O–H groups in total. The Balaban J connectivity index is 1.48. The van der Waals surface area contributed by atoms with Crippen molar-refractivity contribution in [3.8, 4) is 5.82 Å². The standard InChI is InChI=1S/C24H23F2N3O2/c1-15-13-19(16(2)29(15)22-5-3-4-10-27-22)24(31)28-11-8-17(9-12-28)23(30)20-14-18(25)6-7-21(20)26/h3-7,10,13-14,17H,8-9,11-12H2,1-2H3. The van der Waals surface area contributed by atoms with Gasteiger partial charge >= 0.3 is 0 Å². The number of pyridine rings is 1. The van der Waals surface area contributed by atoms with Crippen LogP contribution in [-0.2, 0) is 0 Å². The Morgan fingerprint density at radius 1 is 1.00 bits per heavy atom. The molecule has 7 heteroatoms. The second-order valence-corrected chi connectivity index (χ2v) is 7.86. The number of benzene rings is 1. The molecule has 31 heavy (non-hydrogen) atoms. The number of likely N-dealkylation sites (tertiary alicyclic amines) is 1. The smallest absolute Gasteiger partial charge is 0.255 e. The van der Waals surface area contributed by atoms with Crippen LogP contribution >= 0.6 is 0 Å². The van der Waals surface area contributed by atoms with Crippen LogP contribution in [0.1, 0.15) is 44.9 Å². The molecule has 0 unspecified atom stereocenters. The van der Waals surface area contributed by atoms with E-state index in [4.69, 9.17) is 0 Å². The third-order valence-corrected chi connectivity index (χ3v) is 5.89. The van der Waals surface area contributed by atoms with Crippen LogP contribution in [0.5, 0.6) is 0 Å². The molecule has 0 aliphatic carbocycles. The van der Waals surface area contributed by atoms with Crippen molar-refractivity contribution < 1.29 is 18.4 Å². The van der Waals surface area contributed by atoms with E-state index in [0.717, 1.165) is 35.4 Å². The lowest BCUT2D eigenvalue weighted by Gasteiger charge is -2.31. The van der Waals surface area contributed by atoms with Crippen LogP contribution in [0.2, 0.25) is 0 Å². The molecule has 3 heterocycles. The first-order chi connectivity index (χ1) is 14.9. The van der Waals surface area contributed by atoms with Gasteiger partial charge in [-0.05, 0) is 63.1 Å². The van der Waals surface area contributed by atoms with Crippen LogP contribution in [0.3, 0.4) is 0 Å². The molecule has 0 bridgehead atoms. The summed E-state index contributed by atoms with van der Waals surface area (Å²) in [4.78, 5) is 31.9. The van der Waals surface area contributed by atoms with E-state index in [0.29, 0.717) is 31.5 Å². The summed E-state index contributed by atoms with van der Waals surface area (Å²) in [7, 11) is 0. The predicted octanol–water partition coefficient (Wildman–Crippen LogP) is 4.50. The van der Waals surface area contributed by atoms with Gasteiger partial charge in [0.15, 0.2) is 5.78 Å². The van der Waals surface area contributed by atoms with Crippen LogP contribution in [-0.4, -0.2) is 39.2 Å². The second-order valence-electron chi connectivity index (χ2n) is 7.86. The number of hydrogen-bond donors (Lipinski definition) is 0. The number of nitrogens with zero attached hydrogens (tertiary/aromatic N) is 3. The van der Waals surface area contributed by atoms with E-state index in [1.165, 1.54) is 0 Å². The van der Waals surface area contributed by atoms with E-state index in [1.807, 2.05) is 42.7 Å². The molecule has 1 aromatic carbocycles. The van der Waals surface area contributed by atoms with Gasteiger partial charge in [-0.25, -0.2) is 13.8 Å². The van der Waals surface area contributed by atoms with Crippen LogP contribution in [0, 0.1) is 31.4 Å². The number of rotatable bonds is 4. The number of amides is 1. The van der Waals surface area contributed by atoms with E-state index in [-0.39, 0.29) is 11.5 Å². The normalized spacial score (nSPS) is 14.6. The lowest BCUT2D eigenvalue weighted by Crippen LogP contribution is -2.40. The van der Waals surface area contributed by atoms with Crippen molar-refractivity contribution in [3.05, 3.63) is 82.8 Å². The lowest BCUT2D eigenvalue weighted by atomic mass is 9.88. The zero-order chi connectivity index (χ0) is 22.1. The van der Waals surface area contributed by atoms with Gasteiger partial charge in [0.1, 0.15) is 17.5 Å². The Morgan fingerprint density at radius 3 is 2.42 bits per heavy atom. The summed E-state index contributed by atoms with van der Waals surface area (Å²) in [6.07, 6.45) is 2.54. The number of aromatic nitrogens is 2. The van der Waals surface area contributed by atoms with Crippen molar-refractivity contribution in [1.29, 1.82) is 0 Å². The highest BCUT2D eigenvalue weighted by Crippen LogP contribution is 2.26. The maximum atomic E-state index is 14.0. The summed E-state index contributed by atoms with van der Waals surface area (Å²) >= 11 is 0. The molecule has 160 valence electrons. The van der Waals surface area contributed by atoms with Crippen molar-refractivity contribution >= 4 is 11.7 Å². The average molecular weight is 423 g/mol. The Labute approximate surface area is 179 Å². The Morgan fingerprint density at radius 2 is 1.74 bits per heavy atom. The maximum absolute atomic E-state index is 14.0.